The number of nitrogens with two attached hydrogens (primary N) is 1. The van der Waals surface area contributed by atoms with Crippen LogP contribution in [-0.4, -0.2) is 22.6 Å². The minimum absolute atomic E-state index is 0.532. The lowest BCUT2D eigenvalue weighted by Crippen LogP contribution is -2.33. The van der Waals surface area contributed by atoms with Crippen molar-refractivity contribution in [2.24, 2.45) is 5.84 Å². The first-order chi connectivity index (χ1) is 7.81. The monoisotopic (exact) mass is 221 g/mol. The number of nitrogens with one attached hydrogen (secondary N) is 1. The molecular weight excluding hydrogens is 202 g/mol. The molecule has 1 fully saturated rings. The van der Waals surface area contributed by atoms with E-state index in [4.69, 9.17) is 5.84 Å². The number of hydrazine groups is 1. The Labute approximate surface area is 96.0 Å². The van der Waals surface area contributed by atoms with Crippen LogP contribution in [0.1, 0.15) is 32.6 Å². The number of hydrogen-bond donors (Lipinski definition) is 2. The van der Waals surface area contributed by atoms with Gasteiger partial charge < -0.3 is 10.3 Å². The molecule has 88 valence electrons. The molecule has 0 amide bonds. The number of anilines is 2. The minimum Gasteiger partial charge on any atom is -0.353 e. The molecule has 2 rings (SSSR count). The van der Waals surface area contributed by atoms with Gasteiger partial charge in [-0.15, -0.1) is 0 Å². The zero-order valence-corrected chi connectivity index (χ0v) is 9.69. The SMILES string of the molecule is CC1CCCCCN1c1cncc(NN)n1. The molecule has 0 spiro atoms. The van der Waals surface area contributed by atoms with Crippen LogP contribution in [0, 0.1) is 0 Å². The highest BCUT2D eigenvalue weighted by Crippen LogP contribution is 2.22. The summed E-state index contributed by atoms with van der Waals surface area (Å²) in [7, 11) is 0. The Balaban J connectivity index is 2.19. The molecule has 5 nitrogen and oxygen atoms in total. The van der Waals surface area contributed by atoms with E-state index in [2.05, 4.69) is 27.2 Å². The Kier molecular flexibility index (Phi) is 3.56. The van der Waals surface area contributed by atoms with Crippen LogP contribution in [-0.2, 0) is 0 Å². The van der Waals surface area contributed by atoms with Crippen LogP contribution in [0.4, 0.5) is 11.6 Å². The highest BCUT2D eigenvalue weighted by Gasteiger charge is 2.18. The molecule has 0 saturated carbocycles. The predicted octanol–water partition coefficient (Wildman–Crippen LogP) is 1.53. The topological polar surface area (TPSA) is 67.1 Å². The molecule has 1 unspecified atom stereocenters. The average Bonchev–Trinajstić information content (AvgIpc) is 2.54. The first-order valence-corrected chi connectivity index (χ1v) is 5.86. The van der Waals surface area contributed by atoms with Gasteiger partial charge in [-0.3, -0.25) is 4.98 Å². The smallest absolute Gasteiger partial charge is 0.160 e. The fourth-order valence-corrected chi connectivity index (χ4v) is 2.18. The second-order valence-corrected chi connectivity index (χ2v) is 4.30. The number of rotatable bonds is 2. The highest BCUT2D eigenvalue weighted by atomic mass is 15.3. The molecule has 1 atom stereocenters. The zero-order chi connectivity index (χ0) is 11.4. The molecule has 5 heteroatoms. The van der Waals surface area contributed by atoms with Crippen LogP contribution in [0.5, 0.6) is 0 Å². The summed E-state index contributed by atoms with van der Waals surface area (Å²) in [4.78, 5) is 10.9. The molecule has 1 aliphatic rings. The van der Waals surface area contributed by atoms with E-state index < -0.39 is 0 Å². The van der Waals surface area contributed by atoms with Gasteiger partial charge >= 0.3 is 0 Å². The van der Waals surface area contributed by atoms with E-state index in [1.165, 1.54) is 25.7 Å². The van der Waals surface area contributed by atoms with Crippen LogP contribution < -0.4 is 16.2 Å². The first-order valence-electron chi connectivity index (χ1n) is 5.86. The molecule has 0 aromatic carbocycles. The van der Waals surface area contributed by atoms with Crippen LogP contribution in [0.15, 0.2) is 12.4 Å². The normalized spacial score (nSPS) is 21.6. The summed E-state index contributed by atoms with van der Waals surface area (Å²) in [6, 6.07) is 0.532. The summed E-state index contributed by atoms with van der Waals surface area (Å²) in [5.74, 6) is 6.88. The van der Waals surface area contributed by atoms with Gasteiger partial charge in [0.25, 0.3) is 0 Å². The fourth-order valence-electron chi connectivity index (χ4n) is 2.18. The van der Waals surface area contributed by atoms with Gasteiger partial charge in [-0.1, -0.05) is 12.8 Å². The lowest BCUT2D eigenvalue weighted by Gasteiger charge is -2.28. The Morgan fingerprint density at radius 2 is 2.25 bits per heavy atom. The molecule has 16 heavy (non-hydrogen) atoms. The van der Waals surface area contributed by atoms with Gasteiger partial charge in [-0.05, 0) is 19.8 Å². The van der Waals surface area contributed by atoms with Crippen molar-refractivity contribution < 1.29 is 0 Å². The van der Waals surface area contributed by atoms with Crippen molar-refractivity contribution in [3.63, 3.8) is 0 Å². The van der Waals surface area contributed by atoms with Crippen LogP contribution in [0.2, 0.25) is 0 Å². The van der Waals surface area contributed by atoms with Crippen LogP contribution >= 0.6 is 0 Å². The average molecular weight is 221 g/mol. The van der Waals surface area contributed by atoms with E-state index in [0.29, 0.717) is 11.9 Å². The lowest BCUT2D eigenvalue weighted by molar-refractivity contribution is 0.610. The van der Waals surface area contributed by atoms with Gasteiger partial charge in [0, 0.05) is 12.6 Å². The molecule has 1 aromatic heterocycles. The number of nitrogen functional groups attached to an aromatic ring is 1. The predicted molar refractivity (Wildman–Crippen MR) is 65.1 cm³/mol. The van der Waals surface area contributed by atoms with Gasteiger partial charge in [0.2, 0.25) is 0 Å². The molecular formula is C11H19N5. The molecule has 1 aliphatic heterocycles. The van der Waals surface area contributed by atoms with Crippen molar-refractivity contribution in [1.82, 2.24) is 9.97 Å². The summed E-state index contributed by atoms with van der Waals surface area (Å²) in [6.07, 6.45) is 8.51. The summed E-state index contributed by atoms with van der Waals surface area (Å²) in [5.41, 5.74) is 2.54. The first kappa shape index (κ1) is 11.1. The highest BCUT2D eigenvalue weighted by molar-refractivity contribution is 5.44. The molecule has 3 N–H and O–H groups in total. The molecule has 0 radical (unpaired) electrons. The Morgan fingerprint density at radius 3 is 3.06 bits per heavy atom. The molecule has 0 aliphatic carbocycles. The lowest BCUT2D eigenvalue weighted by atomic mass is 10.1. The van der Waals surface area contributed by atoms with E-state index in [9.17, 15) is 0 Å². The van der Waals surface area contributed by atoms with Crippen molar-refractivity contribution in [2.75, 3.05) is 16.9 Å². The maximum Gasteiger partial charge on any atom is 0.160 e. The quantitative estimate of drug-likeness (QED) is 0.585. The summed E-state index contributed by atoms with van der Waals surface area (Å²) in [6.45, 7) is 3.30. The van der Waals surface area contributed by atoms with E-state index >= 15 is 0 Å². The molecule has 2 heterocycles. The van der Waals surface area contributed by atoms with E-state index in [1.807, 2.05) is 6.20 Å². The van der Waals surface area contributed by atoms with Crippen molar-refractivity contribution in [3.05, 3.63) is 12.4 Å². The second kappa shape index (κ2) is 5.12. The fraction of sp³-hybridized carbons (Fsp3) is 0.636. The summed E-state index contributed by atoms with van der Waals surface area (Å²) in [5, 5.41) is 0. The molecule has 0 bridgehead atoms. The third-order valence-electron chi connectivity index (χ3n) is 3.12. The standard InChI is InChI=1S/C11H19N5/c1-9-5-3-2-4-6-16(9)11-8-13-7-10(14-11)15-12/h7-9H,2-6,12H2,1H3,(H,14,15). The Morgan fingerprint density at radius 1 is 1.38 bits per heavy atom. The van der Waals surface area contributed by atoms with Crippen LogP contribution in [0.25, 0.3) is 0 Å². The molecule has 1 aromatic rings. The minimum atomic E-state index is 0.532. The van der Waals surface area contributed by atoms with Crippen molar-refractivity contribution in [1.29, 1.82) is 0 Å². The number of aromatic nitrogens is 2. The van der Waals surface area contributed by atoms with E-state index in [0.717, 1.165) is 12.4 Å². The number of hydrogen-bond acceptors (Lipinski definition) is 5. The van der Waals surface area contributed by atoms with Crippen molar-refractivity contribution in [2.45, 2.75) is 38.6 Å². The van der Waals surface area contributed by atoms with Gasteiger partial charge in [0.05, 0.1) is 12.4 Å². The maximum absolute atomic E-state index is 5.34. The van der Waals surface area contributed by atoms with Crippen molar-refractivity contribution in [3.8, 4) is 0 Å². The Hall–Kier alpha value is -1.36. The second-order valence-electron chi connectivity index (χ2n) is 4.30. The van der Waals surface area contributed by atoms with Gasteiger partial charge in [-0.2, -0.15) is 0 Å². The van der Waals surface area contributed by atoms with Crippen molar-refractivity contribution >= 4 is 11.6 Å². The van der Waals surface area contributed by atoms with Gasteiger partial charge in [-0.25, -0.2) is 10.8 Å². The summed E-state index contributed by atoms with van der Waals surface area (Å²) >= 11 is 0. The van der Waals surface area contributed by atoms with E-state index in [-0.39, 0.29) is 0 Å². The third-order valence-corrected chi connectivity index (χ3v) is 3.12. The van der Waals surface area contributed by atoms with E-state index in [1.54, 1.807) is 6.20 Å². The Bertz CT molecular complexity index is 341. The third kappa shape index (κ3) is 2.41. The molecule has 1 saturated heterocycles. The van der Waals surface area contributed by atoms with Gasteiger partial charge in [0.15, 0.2) is 5.82 Å². The maximum atomic E-state index is 5.34. The van der Waals surface area contributed by atoms with Crippen LogP contribution in [0.3, 0.4) is 0 Å². The summed E-state index contributed by atoms with van der Waals surface area (Å²) < 4.78 is 0. The number of nitrogens with zero attached hydrogens (tertiary/aromatic N) is 3. The zero-order valence-electron chi connectivity index (χ0n) is 9.69. The van der Waals surface area contributed by atoms with Gasteiger partial charge in [0.1, 0.15) is 5.82 Å². The largest absolute Gasteiger partial charge is 0.353 e.